The minimum absolute atomic E-state index is 0.0147. The van der Waals surface area contributed by atoms with E-state index in [4.69, 9.17) is 9.97 Å². The van der Waals surface area contributed by atoms with E-state index in [9.17, 15) is 0 Å². The molecule has 422 valence electrons. The van der Waals surface area contributed by atoms with Gasteiger partial charge in [0.05, 0.1) is 49.6 Å². The lowest BCUT2D eigenvalue weighted by molar-refractivity contribution is -0.124. The lowest BCUT2D eigenvalue weighted by Gasteiger charge is -2.29. The van der Waals surface area contributed by atoms with Crippen molar-refractivity contribution in [1.29, 1.82) is 0 Å². The first-order valence-corrected chi connectivity index (χ1v) is 35.6. The number of rotatable bonds is 42. The van der Waals surface area contributed by atoms with Crippen LogP contribution in [-0.4, -0.2) is 44.7 Å². The predicted octanol–water partition coefficient (Wildman–Crippen LogP) is 22.3. The SMILES string of the molecule is CCCCCCCCC(CCCCCC)CN1C(=O)C2=C(c3cnc(-c4cc(CCCCCC)c(Br)s4)s3)N(CC(CCCCCC)CCCCCCCC)C(=O)C2=C1c1cnc(-c2cc(CCCCCC)c(Br)s2)s1. The summed E-state index contributed by atoms with van der Waals surface area (Å²) in [4.78, 5) is 50.5. The van der Waals surface area contributed by atoms with Gasteiger partial charge < -0.3 is 9.80 Å². The molecule has 6 heterocycles. The van der Waals surface area contributed by atoms with Gasteiger partial charge in [0.1, 0.15) is 10.0 Å². The number of hydrogen-bond donors (Lipinski definition) is 0. The molecule has 0 N–H and O–H groups in total. The van der Waals surface area contributed by atoms with Crippen molar-refractivity contribution < 1.29 is 9.59 Å². The van der Waals surface area contributed by atoms with Crippen molar-refractivity contribution in [1.82, 2.24) is 19.8 Å². The second kappa shape index (κ2) is 35.0. The van der Waals surface area contributed by atoms with E-state index in [2.05, 4.69) is 95.3 Å². The molecule has 0 radical (unpaired) electrons. The topological polar surface area (TPSA) is 66.4 Å². The summed E-state index contributed by atoms with van der Waals surface area (Å²) in [6.45, 7) is 14.9. The molecule has 0 fully saturated rings. The van der Waals surface area contributed by atoms with E-state index in [0.717, 1.165) is 79.4 Å². The number of hydrogen-bond acceptors (Lipinski definition) is 8. The Morgan fingerprint density at radius 3 is 1.05 bits per heavy atom. The lowest BCUT2D eigenvalue weighted by atomic mass is 9.93. The molecule has 2 aliphatic heterocycles. The first-order valence-electron chi connectivity index (χ1n) is 30.8. The molecule has 0 aromatic carbocycles. The molecule has 0 saturated carbocycles. The zero-order chi connectivity index (χ0) is 54.1. The van der Waals surface area contributed by atoms with E-state index in [1.165, 1.54) is 198 Å². The van der Waals surface area contributed by atoms with Gasteiger partial charge in [0.2, 0.25) is 0 Å². The van der Waals surface area contributed by atoms with Crippen LogP contribution >= 0.6 is 77.2 Å². The first kappa shape index (κ1) is 63.2. The first-order chi connectivity index (χ1) is 37.2. The van der Waals surface area contributed by atoms with E-state index in [1.807, 2.05) is 12.4 Å². The fraction of sp³-hybridized carbons (Fsp3) is 0.688. The minimum Gasteiger partial charge on any atom is -0.306 e. The largest absolute Gasteiger partial charge is 0.306 e. The monoisotopic (exact) mass is 1240 g/mol. The van der Waals surface area contributed by atoms with Crippen molar-refractivity contribution in [2.24, 2.45) is 11.8 Å². The van der Waals surface area contributed by atoms with Crippen LogP contribution in [0.4, 0.5) is 0 Å². The van der Waals surface area contributed by atoms with Crippen LogP contribution < -0.4 is 0 Å². The highest BCUT2D eigenvalue weighted by atomic mass is 79.9. The highest BCUT2D eigenvalue weighted by molar-refractivity contribution is 9.11. The van der Waals surface area contributed by atoms with Gasteiger partial charge in [-0.05, 0) is 118 Å². The van der Waals surface area contributed by atoms with Crippen LogP contribution in [0.5, 0.6) is 0 Å². The highest BCUT2D eigenvalue weighted by Gasteiger charge is 2.50. The maximum absolute atomic E-state index is 16.0. The van der Waals surface area contributed by atoms with Crippen LogP contribution in [0.25, 0.3) is 31.2 Å². The number of thiazole rings is 2. The minimum atomic E-state index is -0.0147. The predicted molar refractivity (Wildman–Crippen MR) is 340 cm³/mol. The molecule has 4 aromatic heterocycles. The van der Waals surface area contributed by atoms with Gasteiger partial charge >= 0.3 is 0 Å². The number of carbonyl (C=O) groups is 2. The Labute approximate surface area is 494 Å². The molecule has 0 spiro atoms. The Bertz CT molecular complexity index is 2240. The average molecular weight is 1240 g/mol. The van der Waals surface area contributed by atoms with E-state index in [-0.39, 0.29) is 11.8 Å². The molecule has 6 rings (SSSR count). The lowest BCUT2D eigenvalue weighted by Crippen LogP contribution is -2.34. The summed E-state index contributed by atoms with van der Waals surface area (Å²) in [5.74, 6) is 0.667. The standard InChI is InChI=1S/C64H96Br2N4O2S4/c1-7-13-19-25-27-31-37-47(35-29-21-15-9-3)45-69-57(53-43-67-61(75-53)51-41-49(59(65)73-51)39-33-23-17-11-5)55-56(63(69)71)58(54-44-68-62(76-54)52-42-50(60(66)74-52)40-34-24-18-12-6)70(64(55)72)46-48(36-30-22-16-10-4)38-32-28-26-20-14-8-2/h41-44,47-48H,7-40,45-46H2,1-6H3. The third-order valence-electron chi connectivity index (χ3n) is 15.9. The van der Waals surface area contributed by atoms with Gasteiger partial charge in [-0.3, -0.25) is 9.59 Å². The molecule has 2 aliphatic rings. The summed E-state index contributed by atoms with van der Waals surface area (Å²) >= 11 is 14.7. The summed E-state index contributed by atoms with van der Waals surface area (Å²) in [5, 5.41) is 1.91. The molecule has 0 saturated heterocycles. The summed E-state index contributed by atoms with van der Waals surface area (Å²) in [6, 6.07) is 4.65. The number of unbranched alkanes of at least 4 members (excludes halogenated alkanes) is 22. The molecule has 2 unspecified atom stereocenters. The third-order valence-corrected chi connectivity index (χ3v) is 22.2. The fourth-order valence-electron chi connectivity index (χ4n) is 11.4. The Morgan fingerprint density at radius 2 is 0.711 bits per heavy atom. The molecule has 2 amide bonds. The maximum atomic E-state index is 16.0. The zero-order valence-corrected chi connectivity index (χ0v) is 54.4. The highest BCUT2D eigenvalue weighted by Crippen LogP contribution is 2.51. The van der Waals surface area contributed by atoms with Crippen LogP contribution in [0.3, 0.4) is 0 Å². The second-order valence-electron chi connectivity index (χ2n) is 22.3. The van der Waals surface area contributed by atoms with Crippen LogP contribution in [0, 0.1) is 11.8 Å². The molecule has 0 bridgehead atoms. The van der Waals surface area contributed by atoms with E-state index in [0.29, 0.717) is 36.1 Å². The van der Waals surface area contributed by atoms with Gasteiger partial charge in [-0.25, -0.2) is 9.97 Å². The number of fused-ring (bicyclic) bond motifs is 1. The van der Waals surface area contributed by atoms with Gasteiger partial charge in [0, 0.05) is 25.5 Å². The summed E-state index contributed by atoms with van der Waals surface area (Å²) in [5.41, 5.74) is 5.46. The van der Waals surface area contributed by atoms with Crippen molar-refractivity contribution in [3.63, 3.8) is 0 Å². The quantitative estimate of drug-likeness (QED) is 0.0415. The molecular weight excluding hydrogens is 1140 g/mol. The van der Waals surface area contributed by atoms with Crippen molar-refractivity contribution in [3.8, 4) is 19.8 Å². The van der Waals surface area contributed by atoms with Crippen molar-refractivity contribution in [3.05, 3.63) is 64.1 Å². The Hall–Kier alpha value is -1.96. The van der Waals surface area contributed by atoms with Crippen molar-refractivity contribution >= 4 is 100 Å². The van der Waals surface area contributed by atoms with Gasteiger partial charge in [0.25, 0.3) is 11.8 Å². The Kier molecular flexibility index (Phi) is 29.1. The fourth-order valence-corrected chi connectivity index (χ4v) is 17.0. The van der Waals surface area contributed by atoms with Crippen molar-refractivity contribution in [2.45, 2.75) is 260 Å². The molecule has 4 aromatic rings. The van der Waals surface area contributed by atoms with Gasteiger partial charge in [0.15, 0.2) is 0 Å². The van der Waals surface area contributed by atoms with E-state index in [1.54, 1.807) is 45.3 Å². The number of thiophene rings is 2. The number of halogens is 2. The van der Waals surface area contributed by atoms with E-state index < -0.39 is 0 Å². The molecule has 6 nitrogen and oxygen atoms in total. The summed E-state index contributed by atoms with van der Waals surface area (Å²) in [7, 11) is 0. The number of aryl methyl sites for hydroxylation is 2. The zero-order valence-electron chi connectivity index (χ0n) is 47.9. The second-order valence-corrected chi connectivity index (χ2v) is 29.1. The van der Waals surface area contributed by atoms with Gasteiger partial charge in [-0.1, -0.05) is 208 Å². The molecule has 12 heteroatoms. The maximum Gasteiger partial charge on any atom is 0.261 e. The van der Waals surface area contributed by atoms with Gasteiger partial charge in [-0.2, -0.15) is 0 Å². The Balaban J connectivity index is 1.45. The average Bonchev–Trinajstić information content (AvgIpc) is 4.32. The summed E-state index contributed by atoms with van der Waals surface area (Å²) in [6.07, 6.45) is 45.0. The normalized spacial score (nSPS) is 14.7. The molecule has 76 heavy (non-hydrogen) atoms. The number of amides is 2. The third kappa shape index (κ3) is 18.5. The summed E-state index contributed by atoms with van der Waals surface area (Å²) < 4.78 is 2.36. The van der Waals surface area contributed by atoms with Crippen LogP contribution in [0.15, 0.2) is 43.2 Å². The van der Waals surface area contributed by atoms with Crippen LogP contribution in [0.1, 0.15) is 268 Å². The number of carbonyl (C=O) groups excluding carboxylic acids is 2. The molecular formula is C64H96Br2N4O2S4. The van der Waals surface area contributed by atoms with Crippen LogP contribution in [-0.2, 0) is 22.4 Å². The number of nitrogens with zero attached hydrogens (tertiary/aromatic N) is 4. The van der Waals surface area contributed by atoms with Crippen molar-refractivity contribution in [2.75, 3.05) is 13.1 Å². The molecule has 0 aliphatic carbocycles. The van der Waals surface area contributed by atoms with Gasteiger partial charge in [-0.15, -0.1) is 45.3 Å². The smallest absolute Gasteiger partial charge is 0.261 e. The molecule has 2 atom stereocenters. The van der Waals surface area contributed by atoms with Crippen LogP contribution in [0.2, 0.25) is 0 Å². The Morgan fingerprint density at radius 1 is 0.408 bits per heavy atom. The van der Waals surface area contributed by atoms with E-state index >= 15 is 9.59 Å². The number of aromatic nitrogens is 2.